The Morgan fingerprint density at radius 2 is 0.870 bits per heavy atom. The molecule has 8 aromatic carbocycles. The van der Waals surface area contributed by atoms with Gasteiger partial charge in [0.1, 0.15) is 11.2 Å². The van der Waals surface area contributed by atoms with E-state index in [2.05, 4.69) is 120 Å². The molecule has 0 bridgehead atoms. The molecule has 0 unspecified atom stereocenters. The molecule has 0 N–H and O–H groups in total. The Morgan fingerprint density at radius 1 is 0.333 bits per heavy atom. The lowest BCUT2D eigenvalue weighted by Crippen LogP contribution is -2.00. The number of aromatic nitrogens is 4. The Kier molecular flexibility index (Phi) is 6.79. The number of para-hydroxylation sites is 2. The topological polar surface area (TPSA) is 56.7 Å². The van der Waals surface area contributed by atoms with Gasteiger partial charge >= 0.3 is 0 Å². The van der Waals surface area contributed by atoms with Crippen LogP contribution in [0.1, 0.15) is 0 Å². The Balaban J connectivity index is 0.967. The van der Waals surface area contributed by atoms with Gasteiger partial charge in [0.05, 0.1) is 11.0 Å². The fourth-order valence-electron chi connectivity index (χ4n) is 7.78. The molecular formula is C49H30N4O. The SMILES string of the molecule is c1ccc(-c2nc(-c3ccccc3)nc(-c3ccc4c(c3)oc3cc5ccc(-c6ccc(-n7c8ccccc8c8ccccc87)cc6)cc5cc34)n2)cc1. The maximum absolute atomic E-state index is 6.50. The van der Waals surface area contributed by atoms with Crippen LogP contribution in [0.25, 0.3) is 105 Å². The van der Waals surface area contributed by atoms with Gasteiger partial charge in [-0.1, -0.05) is 127 Å². The smallest absolute Gasteiger partial charge is 0.164 e. The van der Waals surface area contributed by atoms with Crippen molar-refractivity contribution in [2.45, 2.75) is 0 Å². The zero-order chi connectivity index (χ0) is 35.6. The van der Waals surface area contributed by atoms with Gasteiger partial charge in [-0.2, -0.15) is 0 Å². The van der Waals surface area contributed by atoms with Crippen LogP contribution in [0.2, 0.25) is 0 Å². The number of hydrogen-bond donors (Lipinski definition) is 0. The summed E-state index contributed by atoms with van der Waals surface area (Å²) in [5.74, 6) is 1.86. The lowest BCUT2D eigenvalue weighted by Gasteiger charge is -2.10. The Hall–Kier alpha value is -7.37. The summed E-state index contributed by atoms with van der Waals surface area (Å²) < 4.78 is 8.86. The molecule has 0 spiro atoms. The highest BCUT2D eigenvalue weighted by Crippen LogP contribution is 2.37. The number of fused-ring (bicyclic) bond motifs is 7. The van der Waals surface area contributed by atoms with E-state index < -0.39 is 0 Å². The minimum Gasteiger partial charge on any atom is -0.456 e. The third-order valence-electron chi connectivity index (χ3n) is 10.4. The Bertz CT molecular complexity index is 3090. The molecule has 0 amide bonds. The van der Waals surface area contributed by atoms with Crippen LogP contribution in [-0.4, -0.2) is 19.5 Å². The quantitative estimate of drug-likeness (QED) is 0.180. The number of nitrogens with zero attached hydrogens (tertiary/aromatic N) is 4. The van der Waals surface area contributed by atoms with E-state index in [4.69, 9.17) is 19.4 Å². The molecule has 3 aromatic heterocycles. The van der Waals surface area contributed by atoms with Gasteiger partial charge in [-0.25, -0.2) is 15.0 Å². The van der Waals surface area contributed by atoms with Crippen molar-refractivity contribution in [1.29, 1.82) is 0 Å². The summed E-state index contributed by atoms with van der Waals surface area (Å²) in [6.45, 7) is 0. The van der Waals surface area contributed by atoms with E-state index in [1.165, 1.54) is 32.9 Å². The Morgan fingerprint density at radius 3 is 1.52 bits per heavy atom. The summed E-state index contributed by atoms with van der Waals surface area (Å²) >= 11 is 0. The van der Waals surface area contributed by atoms with E-state index in [-0.39, 0.29) is 0 Å². The fourth-order valence-corrected chi connectivity index (χ4v) is 7.78. The van der Waals surface area contributed by atoms with Gasteiger partial charge in [-0.3, -0.25) is 0 Å². The molecule has 11 aromatic rings. The van der Waals surface area contributed by atoms with Crippen LogP contribution in [0, 0.1) is 0 Å². The minimum atomic E-state index is 0.601. The van der Waals surface area contributed by atoms with Crippen LogP contribution < -0.4 is 0 Å². The van der Waals surface area contributed by atoms with Crippen LogP contribution in [0.5, 0.6) is 0 Å². The Labute approximate surface area is 310 Å². The van der Waals surface area contributed by atoms with Crippen molar-refractivity contribution in [2.75, 3.05) is 0 Å². The second-order valence-electron chi connectivity index (χ2n) is 13.7. The van der Waals surface area contributed by atoms with E-state index in [0.717, 1.165) is 55.1 Å². The van der Waals surface area contributed by atoms with Crippen molar-refractivity contribution in [2.24, 2.45) is 0 Å². The zero-order valence-electron chi connectivity index (χ0n) is 29.0. The second-order valence-corrected chi connectivity index (χ2v) is 13.7. The third-order valence-corrected chi connectivity index (χ3v) is 10.4. The summed E-state index contributed by atoms with van der Waals surface area (Å²) in [7, 11) is 0. The molecule has 0 fully saturated rings. The first-order chi connectivity index (χ1) is 26.7. The van der Waals surface area contributed by atoms with Crippen LogP contribution >= 0.6 is 0 Å². The molecule has 0 aliphatic rings. The summed E-state index contributed by atoms with van der Waals surface area (Å²) in [6, 6.07) is 63.5. The van der Waals surface area contributed by atoms with Crippen LogP contribution in [0.3, 0.4) is 0 Å². The minimum absolute atomic E-state index is 0.601. The monoisotopic (exact) mass is 690 g/mol. The number of hydrogen-bond acceptors (Lipinski definition) is 4. The lowest BCUT2D eigenvalue weighted by atomic mass is 9.99. The summed E-state index contributed by atoms with van der Waals surface area (Å²) in [5.41, 5.74) is 10.3. The molecule has 3 heterocycles. The summed E-state index contributed by atoms with van der Waals surface area (Å²) in [4.78, 5) is 14.7. The number of benzene rings is 8. The second kappa shape index (κ2) is 12.1. The first-order valence-corrected chi connectivity index (χ1v) is 18.1. The van der Waals surface area contributed by atoms with Gasteiger partial charge in [0.25, 0.3) is 0 Å². The highest BCUT2D eigenvalue weighted by molar-refractivity contribution is 6.11. The van der Waals surface area contributed by atoms with Crippen LogP contribution in [0.4, 0.5) is 0 Å². The van der Waals surface area contributed by atoms with E-state index in [9.17, 15) is 0 Å². The van der Waals surface area contributed by atoms with Gasteiger partial charge < -0.3 is 8.98 Å². The summed E-state index contributed by atoms with van der Waals surface area (Å²) in [6.07, 6.45) is 0. The maximum atomic E-state index is 6.50. The van der Waals surface area contributed by atoms with Crippen LogP contribution in [0.15, 0.2) is 186 Å². The third kappa shape index (κ3) is 4.98. The highest BCUT2D eigenvalue weighted by atomic mass is 16.3. The predicted octanol–water partition coefficient (Wildman–Crippen LogP) is 12.7. The first kappa shape index (κ1) is 30.3. The lowest BCUT2D eigenvalue weighted by molar-refractivity contribution is 0.669. The normalized spacial score (nSPS) is 11.7. The molecule has 5 nitrogen and oxygen atoms in total. The molecule has 0 aliphatic carbocycles. The average molecular weight is 691 g/mol. The molecule has 0 aliphatic heterocycles. The molecule has 0 atom stereocenters. The predicted molar refractivity (Wildman–Crippen MR) is 221 cm³/mol. The molecule has 5 heteroatoms. The van der Waals surface area contributed by atoms with Crippen molar-refractivity contribution in [3.8, 4) is 51.0 Å². The van der Waals surface area contributed by atoms with Crippen molar-refractivity contribution in [3.63, 3.8) is 0 Å². The molecule has 0 saturated heterocycles. The molecular weight excluding hydrogens is 661 g/mol. The zero-order valence-corrected chi connectivity index (χ0v) is 29.0. The largest absolute Gasteiger partial charge is 0.456 e. The van der Waals surface area contributed by atoms with E-state index in [1.807, 2.05) is 66.7 Å². The van der Waals surface area contributed by atoms with Crippen molar-refractivity contribution >= 4 is 54.5 Å². The standard InChI is InChI=1S/C49H30N4O/c1-3-11-32(12-4-1)47-50-48(33-13-5-2-6-14-33)52-49(51-47)36-23-26-41-42-28-37-27-34(19-20-35(37)29-46(42)54-45(41)30-36)31-21-24-38(25-22-31)53-43-17-9-7-15-39(43)40-16-8-10-18-44(40)53/h1-30H. The molecule has 11 rings (SSSR count). The van der Waals surface area contributed by atoms with Crippen molar-refractivity contribution in [1.82, 2.24) is 19.5 Å². The van der Waals surface area contributed by atoms with Gasteiger partial charge in [0.15, 0.2) is 17.5 Å². The summed E-state index contributed by atoms with van der Waals surface area (Å²) in [5, 5.41) is 6.95. The molecule has 54 heavy (non-hydrogen) atoms. The van der Waals surface area contributed by atoms with Crippen LogP contribution in [-0.2, 0) is 0 Å². The highest BCUT2D eigenvalue weighted by Gasteiger charge is 2.16. The van der Waals surface area contributed by atoms with Gasteiger partial charge in [0.2, 0.25) is 0 Å². The van der Waals surface area contributed by atoms with Gasteiger partial charge in [-0.05, 0) is 76.5 Å². The fraction of sp³-hybridized carbons (Fsp3) is 0. The van der Waals surface area contributed by atoms with E-state index >= 15 is 0 Å². The number of rotatable bonds is 5. The molecule has 252 valence electrons. The average Bonchev–Trinajstić information content (AvgIpc) is 3.78. The van der Waals surface area contributed by atoms with Crippen molar-refractivity contribution in [3.05, 3.63) is 182 Å². The molecule has 0 radical (unpaired) electrons. The van der Waals surface area contributed by atoms with Crippen molar-refractivity contribution < 1.29 is 4.42 Å². The molecule has 0 saturated carbocycles. The van der Waals surface area contributed by atoms with E-state index in [0.29, 0.717) is 17.5 Å². The van der Waals surface area contributed by atoms with Gasteiger partial charge in [-0.15, -0.1) is 0 Å². The van der Waals surface area contributed by atoms with Gasteiger partial charge in [0, 0.05) is 43.9 Å². The first-order valence-electron chi connectivity index (χ1n) is 18.1. The maximum Gasteiger partial charge on any atom is 0.164 e. The number of furan rings is 1. The van der Waals surface area contributed by atoms with E-state index in [1.54, 1.807) is 0 Å².